The second kappa shape index (κ2) is 40.4. The van der Waals surface area contributed by atoms with Gasteiger partial charge in [0, 0.05) is 19.1 Å². The predicted octanol–water partition coefficient (Wildman–Crippen LogP) is 19.3. The van der Waals surface area contributed by atoms with Crippen molar-refractivity contribution < 1.29 is 97.0 Å². The van der Waals surface area contributed by atoms with E-state index in [-0.39, 0.29) is 56.3 Å². The van der Waals surface area contributed by atoms with Gasteiger partial charge in [0.05, 0.1) is 65.8 Å². The lowest BCUT2D eigenvalue weighted by Crippen LogP contribution is -2.61. The molecule has 1 heterocycles. The fourth-order valence-corrected chi connectivity index (χ4v) is 24.3. The van der Waals surface area contributed by atoms with E-state index in [0.717, 1.165) is 88.9 Å². The Labute approximate surface area is 727 Å². The molecule has 3 unspecified atom stereocenters. The topological polar surface area (TPSA) is 292 Å². The van der Waals surface area contributed by atoms with Crippen LogP contribution in [0.1, 0.15) is 215 Å². The van der Waals surface area contributed by atoms with Crippen LogP contribution in [0.3, 0.4) is 0 Å². The molecule has 12 saturated carbocycles. The molecule has 0 spiro atoms. The summed E-state index contributed by atoms with van der Waals surface area (Å²) in [7, 11) is -10.1. The van der Waals surface area contributed by atoms with Crippen molar-refractivity contribution in [3.8, 4) is 0 Å². The number of cyclic esters (lactones) is 1. The summed E-state index contributed by atoms with van der Waals surface area (Å²) in [6.07, 6.45) is 20.7. The van der Waals surface area contributed by atoms with Gasteiger partial charge in [0.1, 0.15) is 24.4 Å². The smallest absolute Gasteiger partial charge is 0.428 e. The number of benzene rings is 6. The largest absolute Gasteiger partial charge is 0.748 e. The molecular formula is C97H126F2O19S4. The number of carbonyl (C=O) groups is 6. The molecule has 1 N–H and O–H groups in total. The molecule has 6 aromatic rings. The highest BCUT2D eigenvalue weighted by molar-refractivity contribution is 7.97. The van der Waals surface area contributed by atoms with Crippen LogP contribution in [-0.2, 0) is 99.2 Å². The maximum atomic E-state index is 12.9. The molecule has 0 aromatic heterocycles. The lowest BCUT2D eigenvalue weighted by atomic mass is 9.49. The highest BCUT2D eigenvalue weighted by atomic mass is 32.2. The van der Waals surface area contributed by atoms with E-state index in [0.29, 0.717) is 73.6 Å². The molecule has 12 bridgehead atoms. The molecule has 1 saturated heterocycles. The van der Waals surface area contributed by atoms with Gasteiger partial charge in [0.25, 0.3) is 0 Å². The van der Waals surface area contributed by atoms with Crippen LogP contribution in [0.15, 0.2) is 199 Å². The molecular weight excluding hydrogens is 1640 g/mol. The van der Waals surface area contributed by atoms with E-state index in [2.05, 4.69) is 202 Å². The first kappa shape index (κ1) is 96.7. The number of rotatable bonds is 21. The molecule has 6 aromatic carbocycles. The number of hydrogen-bond acceptors (Lipinski definition) is 19. The minimum Gasteiger partial charge on any atom is -0.748 e. The van der Waals surface area contributed by atoms with Gasteiger partial charge in [0.15, 0.2) is 39.5 Å². The van der Waals surface area contributed by atoms with Crippen molar-refractivity contribution in [2.75, 3.05) is 26.1 Å². The average Bonchev–Trinajstić information content (AvgIpc) is 0.762. The maximum Gasteiger partial charge on any atom is 0.428 e. The minimum atomic E-state index is -6.15. The molecule has 25 heteroatoms. The van der Waals surface area contributed by atoms with Crippen LogP contribution in [0.5, 0.6) is 0 Å². The van der Waals surface area contributed by atoms with Gasteiger partial charge in [-0.05, 0) is 310 Å². The van der Waals surface area contributed by atoms with Crippen LogP contribution in [0.2, 0.25) is 0 Å². The fourth-order valence-electron chi connectivity index (χ4n) is 19.9. The molecule has 0 radical (unpaired) electrons. The Balaban J connectivity index is 0.000000153. The number of alkyl halides is 2. The zero-order valence-corrected chi connectivity index (χ0v) is 76.4. The highest BCUT2D eigenvalue weighted by Crippen LogP contribution is 2.63. The number of halogens is 2. The van der Waals surface area contributed by atoms with E-state index < -0.39 is 84.6 Å². The number of aryl methyl sites for hydroxylation is 2. The highest BCUT2D eigenvalue weighted by Gasteiger charge is 2.61. The number of aliphatic hydroxyl groups is 1. The second-order valence-electron chi connectivity index (χ2n) is 37.8. The van der Waals surface area contributed by atoms with Crippen molar-refractivity contribution in [2.45, 2.75) is 275 Å². The number of ether oxygens (including phenoxy) is 6. The number of esters is 6. The molecule has 19 nitrogen and oxygen atoms in total. The Morgan fingerprint density at radius 1 is 0.475 bits per heavy atom. The molecule has 0 amide bonds. The van der Waals surface area contributed by atoms with Crippen LogP contribution in [-0.4, -0.2) is 121 Å². The van der Waals surface area contributed by atoms with Crippen molar-refractivity contribution in [2.24, 2.45) is 74.9 Å². The standard InChI is InChI=1S/2C19H17S.C17H28O2.C16H26O3.C15H20F2O7S.C10H16O4.CH4O3S/c2*1-16-12-14-19(15-13-16)20(17-8-4-2-5-9-17)18-10-6-3-7-11-18;1-5-16(2,3)15(18)19-17(4)13-7-11-6-12(9-13)10-14(17)8-11;1-4-14(2,3)13(17)19-16-8-11-5-12(9-16)7-15(18,6-11)10-16;16-15(17,25(20,21)22)13(19)24-2-1-23-12(18)14-6-9-3-10(7-14)5-11(4-9)8-14;1-4-10(2,3)9(12)14-7-5-6-13-8(7)11;1-5(2,3)4/h2*2-15H,1H3;11-14H,5-10H2,1-4H3;11-12,18H,4-10H2,1-3H3;9-11H,1-8H2,(H,20,21,22);7H,4-6H2,1-3H3;1H3,(H,2,3,4)/q2*+1;;;;;/p-2. The first-order chi connectivity index (χ1) is 57.3. The Kier molecular flexibility index (Phi) is 32.0. The summed E-state index contributed by atoms with van der Waals surface area (Å²) >= 11 is 0. The summed E-state index contributed by atoms with van der Waals surface area (Å²) in [5.74, 6) is 2.10. The molecule has 13 aliphatic rings. The monoisotopic (exact) mass is 1760 g/mol. The summed E-state index contributed by atoms with van der Waals surface area (Å²) < 4.78 is 115. The first-order valence-corrected chi connectivity index (χ1v) is 49.0. The van der Waals surface area contributed by atoms with Gasteiger partial charge in [-0.2, -0.15) is 8.78 Å². The van der Waals surface area contributed by atoms with Gasteiger partial charge in [-0.1, -0.05) is 129 Å². The first-order valence-electron chi connectivity index (χ1n) is 43.3. The van der Waals surface area contributed by atoms with E-state index in [4.69, 9.17) is 36.7 Å². The van der Waals surface area contributed by atoms with Gasteiger partial charge >= 0.3 is 41.1 Å². The van der Waals surface area contributed by atoms with Crippen LogP contribution >= 0.6 is 0 Å². The van der Waals surface area contributed by atoms with Gasteiger partial charge in [-0.25, -0.2) is 26.4 Å². The zero-order valence-electron chi connectivity index (χ0n) is 73.1. The third-order valence-electron chi connectivity index (χ3n) is 26.8. The molecule has 122 heavy (non-hydrogen) atoms. The van der Waals surface area contributed by atoms with Crippen molar-refractivity contribution in [1.29, 1.82) is 0 Å². The molecule has 12 aliphatic carbocycles. The summed E-state index contributed by atoms with van der Waals surface area (Å²) in [5.41, 5.74) is -0.273. The third kappa shape index (κ3) is 25.0. The van der Waals surface area contributed by atoms with Gasteiger partial charge in [-0.15, -0.1) is 0 Å². The normalized spacial score (nSPS) is 27.3. The quantitative estimate of drug-likeness (QED) is 0.0230. The van der Waals surface area contributed by atoms with Crippen LogP contribution < -0.4 is 0 Å². The minimum absolute atomic E-state index is 0.0185. The van der Waals surface area contributed by atoms with E-state index in [1.807, 2.05) is 41.5 Å². The molecule has 13 fully saturated rings. The molecule has 3 atom stereocenters. The maximum absolute atomic E-state index is 12.9. The van der Waals surface area contributed by atoms with E-state index in [1.165, 1.54) is 79.0 Å². The lowest BCUT2D eigenvalue weighted by Gasteiger charge is -2.59. The summed E-state index contributed by atoms with van der Waals surface area (Å²) in [5, 5.41) is 5.49. The second-order valence-corrected chi connectivity index (χ2v) is 44.7. The van der Waals surface area contributed by atoms with Crippen molar-refractivity contribution >= 4 is 77.8 Å². The average molecular weight is 1760 g/mol. The molecule has 666 valence electrons. The summed E-state index contributed by atoms with van der Waals surface area (Å²) in [6.45, 7) is 23.2. The third-order valence-corrected chi connectivity index (χ3v) is 32.1. The van der Waals surface area contributed by atoms with Crippen LogP contribution in [0, 0.1) is 88.8 Å². The van der Waals surface area contributed by atoms with Gasteiger partial charge < -0.3 is 42.6 Å². The van der Waals surface area contributed by atoms with Crippen molar-refractivity contribution in [1.82, 2.24) is 0 Å². The summed E-state index contributed by atoms with van der Waals surface area (Å²) in [4.78, 5) is 79.1. The van der Waals surface area contributed by atoms with Gasteiger partial charge in [0.2, 0.25) is 6.10 Å². The lowest BCUT2D eigenvalue weighted by molar-refractivity contribution is -0.225. The Morgan fingerprint density at radius 3 is 1.16 bits per heavy atom. The van der Waals surface area contributed by atoms with Crippen LogP contribution in [0.25, 0.3) is 0 Å². The molecule has 19 rings (SSSR count). The zero-order chi connectivity index (χ0) is 89.0. The van der Waals surface area contributed by atoms with Crippen molar-refractivity contribution in [3.63, 3.8) is 0 Å². The van der Waals surface area contributed by atoms with E-state index in [1.54, 1.807) is 13.8 Å². The van der Waals surface area contributed by atoms with Gasteiger partial charge in [-0.3, -0.25) is 19.2 Å². The SMILES string of the molecule is CCC(C)(C)C(=O)OC1(C)C2CC3CC(C2)CC1C3.CCC(C)(C)C(=O)OC12CC3CC(CC(O)(C3)C1)C2.CCC(C)(C)C(=O)OC1CCOC1=O.CS(=O)(=O)[O-].Cc1ccc([S+](c2ccccc2)c2ccccc2)cc1.Cc1ccc([S+](c2ccccc2)c2ccccc2)cc1.O=C(OCCOC(=O)C(F)(F)S(=O)(=O)[O-])C12CC3CC(CC(C3)C1)C2. The predicted molar refractivity (Wildman–Crippen MR) is 463 cm³/mol. The number of hydrogen-bond donors (Lipinski definition) is 1. The number of carbonyl (C=O) groups excluding carboxylic acids is 6. The van der Waals surface area contributed by atoms with Crippen LogP contribution in [0.4, 0.5) is 8.78 Å². The Morgan fingerprint density at radius 2 is 0.811 bits per heavy atom. The Hall–Kier alpha value is -7.52. The van der Waals surface area contributed by atoms with E-state index >= 15 is 0 Å². The Bertz CT molecular complexity index is 4450. The van der Waals surface area contributed by atoms with Crippen molar-refractivity contribution in [3.05, 3.63) is 181 Å². The molecule has 1 aliphatic heterocycles. The summed E-state index contributed by atoms with van der Waals surface area (Å²) in [6, 6.07) is 60.8. The van der Waals surface area contributed by atoms with E-state index in [9.17, 15) is 55.6 Å². The fraction of sp³-hybridized carbons (Fsp3) is 0.567.